The van der Waals surface area contributed by atoms with Crippen molar-refractivity contribution in [1.82, 2.24) is 4.57 Å². The number of anilines is 1. The van der Waals surface area contributed by atoms with Gasteiger partial charge in [-0.1, -0.05) is 12.8 Å². The Kier molecular flexibility index (Phi) is 3.64. The lowest BCUT2D eigenvalue weighted by Crippen LogP contribution is -2.21. The van der Waals surface area contributed by atoms with Gasteiger partial charge in [0.2, 0.25) is 0 Å². The van der Waals surface area contributed by atoms with Crippen molar-refractivity contribution in [2.24, 2.45) is 0 Å². The molecule has 3 rings (SSSR count). The molecular weight excluding hydrogens is 280 g/mol. The van der Waals surface area contributed by atoms with Crippen molar-refractivity contribution in [3.8, 4) is 0 Å². The molecule has 0 bridgehead atoms. The molecule has 1 N–H and O–H groups in total. The molecule has 0 atom stereocenters. The first kappa shape index (κ1) is 14.6. The van der Waals surface area contributed by atoms with Crippen molar-refractivity contribution in [3.05, 3.63) is 40.2 Å². The maximum atomic E-state index is 12.4. The molecule has 0 radical (unpaired) electrons. The number of fused-ring (bicyclic) bond motifs is 1. The van der Waals surface area contributed by atoms with Crippen LogP contribution in [0.25, 0.3) is 10.9 Å². The molecule has 1 saturated carbocycles. The summed E-state index contributed by atoms with van der Waals surface area (Å²) < 4.78 is 1.85. The summed E-state index contributed by atoms with van der Waals surface area (Å²) in [7, 11) is 3.84. The predicted molar refractivity (Wildman–Crippen MR) is 87.0 cm³/mol. The van der Waals surface area contributed by atoms with E-state index in [1.807, 2.05) is 41.8 Å². The van der Waals surface area contributed by atoms with Crippen molar-refractivity contribution in [1.29, 1.82) is 0 Å². The summed E-state index contributed by atoms with van der Waals surface area (Å²) in [6.07, 6.45) is 4.14. The number of nitrogens with zero attached hydrogens (tertiary/aromatic N) is 2. The van der Waals surface area contributed by atoms with Crippen molar-refractivity contribution in [3.63, 3.8) is 0 Å². The Hall–Kier alpha value is -2.30. The number of benzene rings is 1. The molecule has 0 spiro atoms. The first-order chi connectivity index (χ1) is 10.5. The van der Waals surface area contributed by atoms with Gasteiger partial charge < -0.3 is 14.6 Å². The molecule has 116 valence electrons. The normalized spacial score (nSPS) is 15.4. The molecule has 0 unspecified atom stereocenters. The summed E-state index contributed by atoms with van der Waals surface area (Å²) in [6.45, 7) is 0. The first-order valence-electron chi connectivity index (χ1n) is 7.59. The second-order valence-corrected chi connectivity index (χ2v) is 6.10. The molecule has 1 aliphatic rings. The van der Waals surface area contributed by atoms with E-state index in [9.17, 15) is 14.7 Å². The predicted octanol–water partition coefficient (Wildman–Crippen LogP) is 2.88. The third-order valence-corrected chi connectivity index (χ3v) is 4.46. The van der Waals surface area contributed by atoms with E-state index in [-0.39, 0.29) is 17.2 Å². The number of carbonyl (C=O) groups is 1. The van der Waals surface area contributed by atoms with Crippen molar-refractivity contribution in [2.75, 3.05) is 19.0 Å². The number of carboxylic acid groups (broad SMARTS) is 1. The van der Waals surface area contributed by atoms with Gasteiger partial charge >= 0.3 is 5.97 Å². The van der Waals surface area contributed by atoms with E-state index in [0.717, 1.165) is 36.9 Å². The first-order valence-corrected chi connectivity index (χ1v) is 7.59. The fourth-order valence-electron chi connectivity index (χ4n) is 3.33. The molecule has 0 aliphatic heterocycles. The van der Waals surface area contributed by atoms with Crippen LogP contribution in [0.4, 0.5) is 5.69 Å². The molecule has 2 aromatic rings. The van der Waals surface area contributed by atoms with Crippen molar-refractivity contribution < 1.29 is 9.90 Å². The van der Waals surface area contributed by atoms with Gasteiger partial charge in [-0.15, -0.1) is 0 Å². The van der Waals surface area contributed by atoms with Gasteiger partial charge in [0, 0.05) is 37.3 Å². The molecule has 22 heavy (non-hydrogen) atoms. The second-order valence-electron chi connectivity index (χ2n) is 6.10. The summed E-state index contributed by atoms with van der Waals surface area (Å²) >= 11 is 0. The number of aromatic nitrogens is 1. The van der Waals surface area contributed by atoms with Crippen LogP contribution in [0.15, 0.2) is 29.1 Å². The summed E-state index contributed by atoms with van der Waals surface area (Å²) in [5.74, 6) is -1.04. The van der Waals surface area contributed by atoms with E-state index in [0.29, 0.717) is 5.39 Å². The standard InChI is InChI=1S/C17H20N2O3/c1-18(2)12-7-8-14-13(9-12)16(20)10-15(17(21)22)19(14)11-5-3-4-6-11/h7-11H,3-6H2,1-2H3,(H,21,22). The summed E-state index contributed by atoms with van der Waals surface area (Å²) in [4.78, 5) is 25.9. The highest BCUT2D eigenvalue weighted by Gasteiger charge is 2.24. The Morgan fingerprint density at radius 2 is 1.91 bits per heavy atom. The topological polar surface area (TPSA) is 62.5 Å². The average Bonchev–Trinajstić information content (AvgIpc) is 3.00. The van der Waals surface area contributed by atoms with E-state index in [4.69, 9.17) is 0 Å². The molecule has 0 saturated heterocycles. The Morgan fingerprint density at radius 3 is 2.50 bits per heavy atom. The molecule has 1 aromatic heterocycles. The van der Waals surface area contributed by atoms with Crippen LogP contribution in [0.5, 0.6) is 0 Å². The zero-order valence-electron chi connectivity index (χ0n) is 12.9. The highest BCUT2D eigenvalue weighted by molar-refractivity contribution is 5.91. The molecule has 1 aromatic carbocycles. The summed E-state index contributed by atoms with van der Waals surface area (Å²) in [5.41, 5.74) is 1.53. The van der Waals surface area contributed by atoms with E-state index in [1.165, 1.54) is 6.07 Å². The third kappa shape index (κ3) is 2.36. The molecule has 1 heterocycles. The Balaban J connectivity index is 2.33. The lowest BCUT2D eigenvalue weighted by Gasteiger charge is -2.22. The monoisotopic (exact) mass is 300 g/mol. The molecule has 5 heteroatoms. The van der Waals surface area contributed by atoms with Gasteiger partial charge in [0.15, 0.2) is 5.43 Å². The fraction of sp³-hybridized carbons (Fsp3) is 0.412. The van der Waals surface area contributed by atoms with Crippen LogP contribution in [0.2, 0.25) is 0 Å². The lowest BCUT2D eigenvalue weighted by atomic mass is 10.1. The third-order valence-electron chi connectivity index (χ3n) is 4.46. The Bertz CT molecular complexity index is 786. The Morgan fingerprint density at radius 1 is 1.23 bits per heavy atom. The van der Waals surface area contributed by atoms with E-state index in [1.54, 1.807) is 0 Å². The van der Waals surface area contributed by atoms with Crippen LogP contribution in [0.3, 0.4) is 0 Å². The fourth-order valence-corrected chi connectivity index (χ4v) is 3.33. The quantitative estimate of drug-likeness (QED) is 0.946. The summed E-state index contributed by atoms with van der Waals surface area (Å²) in [5, 5.41) is 10.1. The molecular formula is C17H20N2O3. The lowest BCUT2D eigenvalue weighted by molar-refractivity contribution is 0.0682. The maximum Gasteiger partial charge on any atom is 0.352 e. The number of pyridine rings is 1. The van der Waals surface area contributed by atoms with E-state index >= 15 is 0 Å². The largest absolute Gasteiger partial charge is 0.477 e. The highest BCUT2D eigenvalue weighted by atomic mass is 16.4. The number of rotatable bonds is 3. The van der Waals surface area contributed by atoms with Gasteiger partial charge in [-0.05, 0) is 31.0 Å². The number of carboxylic acids is 1. The van der Waals surface area contributed by atoms with Crippen molar-refractivity contribution in [2.45, 2.75) is 31.7 Å². The van der Waals surface area contributed by atoms with Crippen LogP contribution in [0, 0.1) is 0 Å². The van der Waals surface area contributed by atoms with Crippen LogP contribution in [0.1, 0.15) is 42.2 Å². The molecule has 1 fully saturated rings. The van der Waals surface area contributed by atoms with Crippen LogP contribution >= 0.6 is 0 Å². The Labute approximate surface area is 128 Å². The SMILES string of the molecule is CN(C)c1ccc2c(c1)c(=O)cc(C(=O)O)n2C1CCCC1. The van der Waals surface area contributed by atoms with Crippen molar-refractivity contribution >= 4 is 22.6 Å². The smallest absolute Gasteiger partial charge is 0.352 e. The molecule has 0 amide bonds. The minimum atomic E-state index is -1.04. The van der Waals surface area contributed by atoms with Gasteiger partial charge in [-0.2, -0.15) is 0 Å². The van der Waals surface area contributed by atoms with Gasteiger partial charge in [-0.25, -0.2) is 4.79 Å². The minimum absolute atomic E-state index is 0.0991. The number of aromatic carboxylic acids is 1. The van der Waals surface area contributed by atoms with Crippen LogP contribution in [-0.2, 0) is 0 Å². The van der Waals surface area contributed by atoms with Gasteiger partial charge in [0.1, 0.15) is 5.69 Å². The zero-order chi connectivity index (χ0) is 15.9. The number of hydrogen-bond acceptors (Lipinski definition) is 3. The highest BCUT2D eigenvalue weighted by Crippen LogP contribution is 2.33. The maximum absolute atomic E-state index is 12.4. The molecule has 5 nitrogen and oxygen atoms in total. The van der Waals surface area contributed by atoms with Crippen LogP contribution in [-0.4, -0.2) is 29.7 Å². The van der Waals surface area contributed by atoms with Gasteiger partial charge in [0.05, 0.1) is 5.52 Å². The average molecular weight is 300 g/mol. The van der Waals surface area contributed by atoms with Gasteiger partial charge in [-0.3, -0.25) is 4.79 Å². The molecule has 1 aliphatic carbocycles. The summed E-state index contributed by atoms with van der Waals surface area (Å²) in [6, 6.07) is 7.08. The zero-order valence-corrected chi connectivity index (χ0v) is 12.9. The van der Waals surface area contributed by atoms with Gasteiger partial charge in [0.25, 0.3) is 0 Å². The second kappa shape index (κ2) is 5.48. The number of hydrogen-bond donors (Lipinski definition) is 1. The van der Waals surface area contributed by atoms with E-state index in [2.05, 4.69) is 0 Å². The van der Waals surface area contributed by atoms with Crippen LogP contribution < -0.4 is 10.3 Å². The minimum Gasteiger partial charge on any atom is -0.477 e. The van der Waals surface area contributed by atoms with E-state index < -0.39 is 5.97 Å².